The molecule has 0 bridgehead atoms. The van der Waals surface area contributed by atoms with E-state index in [1.54, 1.807) is 11.3 Å². The Morgan fingerprint density at radius 1 is 1.36 bits per heavy atom. The van der Waals surface area contributed by atoms with Crippen LogP contribution in [0.15, 0.2) is 22.9 Å². The van der Waals surface area contributed by atoms with Gasteiger partial charge in [0, 0.05) is 5.92 Å². The molecule has 1 aromatic heterocycles. The number of hydrogen-bond donors (Lipinski definition) is 0. The number of fused-ring (bicyclic) bond motifs is 1. The van der Waals surface area contributed by atoms with Crippen LogP contribution in [0.2, 0.25) is 0 Å². The number of rotatable bonds is 0. The fourth-order valence-corrected chi connectivity index (χ4v) is 1.70. The van der Waals surface area contributed by atoms with Gasteiger partial charge in [0.1, 0.15) is 0 Å². The van der Waals surface area contributed by atoms with Crippen molar-refractivity contribution in [3.8, 4) is 0 Å². The van der Waals surface area contributed by atoms with E-state index in [2.05, 4.69) is 4.74 Å². The predicted molar refractivity (Wildman–Crippen MR) is 58.2 cm³/mol. The molecule has 2 atom stereocenters. The Bertz CT molecular complexity index is 239. The molecule has 2 aliphatic rings. The molecule has 3 rings (SSSR count). The molecule has 1 aromatic rings. The van der Waals surface area contributed by atoms with Crippen LogP contribution in [0, 0.1) is 11.8 Å². The molecule has 0 aromatic carbocycles. The molecule has 0 N–H and O–H groups in total. The summed E-state index contributed by atoms with van der Waals surface area (Å²) in [6, 6.07) is 4.04. The van der Waals surface area contributed by atoms with Gasteiger partial charge in [-0.25, -0.2) is 0 Å². The minimum absolute atomic E-state index is 0.0324. The van der Waals surface area contributed by atoms with Gasteiger partial charge in [-0.05, 0) is 17.2 Å². The lowest BCUT2D eigenvalue weighted by Crippen LogP contribution is -1.97. The number of cyclic esters (lactones) is 1. The molecule has 78 valence electrons. The van der Waals surface area contributed by atoms with Crippen molar-refractivity contribution in [3.05, 3.63) is 22.9 Å². The molecule has 2 fully saturated rings. The minimum atomic E-state index is 0.0324. The summed E-state index contributed by atoms with van der Waals surface area (Å²) in [6.45, 7) is 4.70. The van der Waals surface area contributed by atoms with Crippen molar-refractivity contribution in [1.82, 2.24) is 0 Å². The molecule has 1 aliphatic carbocycles. The first kappa shape index (κ1) is 11.2. The smallest absolute Gasteiger partial charge is 0.309 e. The minimum Gasteiger partial charge on any atom is -0.465 e. The Morgan fingerprint density at radius 2 is 2.00 bits per heavy atom. The Labute approximate surface area is 88.9 Å². The fraction of sp³-hybridized carbons (Fsp3) is 0.545. The highest BCUT2D eigenvalue weighted by Gasteiger charge is 2.50. The normalized spacial score (nSPS) is 26.0. The molecule has 0 amide bonds. The second-order valence-electron chi connectivity index (χ2n) is 3.03. The SMILES string of the molecule is CC.O=C1OCC2C[C@H]12.c1ccsc1. The second-order valence-corrected chi connectivity index (χ2v) is 3.84. The predicted octanol–water partition coefficient (Wildman–Crippen LogP) is 2.95. The first-order valence-corrected chi connectivity index (χ1v) is 5.96. The Morgan fingerprint density at radius 3 is 2.14 bits per heavy atom. The number of hydrogen-bond acceptors (Lipinski definition) is 3. The maximum absolute atomic E-state index is 10.4. The van der Waals surface area contributed by atoms with Crippen LogP contribution in [0.4, 0.5) is 0 Å². The van der Waals surface area contributed by atoms with Crippen LogP contribution >= 0.6 is 11.3 Å². The van der Waals surface area contributed by atoms with Crippen LogP contribution < -0.4 is 0 Å². The maximum Gasteiger partial charge on any atom is 0.309 e. The van der Waals surface area contributed by atoms with Gasteiger partial charge in [-0.2, -0.15) is 11.3 Å². The van der Waals surface area contributed by atoms with E-state index in [0.29, 0.717) is 18.4 Å². The molecule has 1 unspecified atom stereocenters. The molecule has 14 heavy (non-hydrogen) atoms. The summed E-state index contributed by atoms with van der Waals surface area (Å²) >= 11 is 1.71. The third kappa shape index (κ3) is 3.14. The van der Waals surface area contributed by atoms with Gasteiger partial charge in [0.25, 0.3) is 0 Å². The fourth-order valence-electron chi connectivity index (χ4n) is 1.24. The Kier molecular flexibility index (Phi) is 4.66. The molecule has 2 nitrogen and oxygen atoms in total. The van der Waals surface area contributed by atoms with Gasteiger partial charge in [-0.3, -0.25) is 4.79 Å². The van der Waals surface area contributed by atoms with E-state index in [9.17, 15) is 4.79 Å². The van der Waals surface area contributed by atoms with Gasteiger partial charge in [0.15, 0.2) is 0 Å². The van der Waals surface area contributed by atoms with Crippen molar-refractivity contribution < 1.29 is 9.53 Å². The molecule has 3 heteroatoms. The summed E-state index contributed by atoms with van der Waals surface area (Å²) in [5.41, 5.74) is 0. The van der Waals surface area contributed by atoms with Gasteiger partial charge >= 0.3 is 5.97 Å². The van der Waals surface area contributed by atoms with E-state index in [-0.39, 0.29) is 5.97 Å². The maximum atomic E-state index is 10.4. The molecule has 1 aliphatic heterocycles. The zero-order valence-electron chi connectivity index (χ0n) is 8.60. The number of carbonyl (C=O) groups excluding carboxylic acids is 1. The first-order valence-electron chi connectivity index (χ1n) is 5.02. The summed E-state index contributed by atoms with van der Waals surface area (Å²) in [4.78, 5) is 10.4. The van der Waals surface area contributed by atoms with E-state index in [1.165, 1.54) is 0 Å². The summed E-state index contributed by atoms with van der Waals surface area (Å²) in [7, 11) is 0. The van der Waals surface area contributed by atoms with E-state index >= 15 is 0 Å². The number of thiophene rings is 1. The molecule has 1 saturated heterocycles. The highest BCUT2D eigenvalue weighted by molar-refractivity contribution is 7.07. The number of ether oxygens (including phenoxy) is 1. The van der Waals surface area contributed by atoms with Gasteiger partial charge in [0.2, 0.25) is 0 Å². The summed E-state index contributed by atoms with van der Waals surface area (Å²) in [5, 5.41) is 4.08. The third-order valence-corrected chi connectivity index (χ3v) is 2.72. The quantitative estimate of drug-likeness (QED) is 0.618. The zero-order valence-corrected chi connectivity index (χ0v) is 9.42. The monoisotopic (exact) mass is 212 g/mol. The molecule has 2 heterocycles. The summed E-state index contributed by atoms with van der Waals surface area (Å²) in [5.74, 6) is 0.970. The average Bonchev–Trinajstić information content (AvgIpc) is 2.69. The highest BCUT2D eigenvalue weighted by Crippen LogP contribution is 2.44. The molecule has 0 spiro atoms. The van der Waals surface area contributed by atoms with E-state index in [0.717, 1.165) is 6.42 Å². The van der Waals surface area contributed by atoms with Gasteiger partial charge in [0.05, 0.1) is 12.5 Å². The van der Waals surface area contributed by atoms with Crippen LogP contribution in [0.1, 0.15) is 20.3 Å². The third-order valence-electron chi connectivity index (χ3n) is 2.09. The van der Waals surface area contributed by atoms with Crippen molar-refractivity contribution in [2.45, 2.75) is 20.3 Å². The largest absolute Gasteiger partial charge is 0.465 e. The molecular weight excluding hydrogens is 196 g/mol. The average molecular weight is 212 g/mol. The van der Waals surface area contributed by atoms with Crippen LogP contribution in [0.5, 0.6) is 0 Å². The van der Waals surface area contributed by atoms with E-state index in [1.807, 2.05) is 36.7 Å². The topological polar surface area (TPSA) is 26.3 Å². The van der Waals surface area contributed by atoms with Gasteiger partial charge in [-0.15, -0.1) is 0 Å². The molecule has 0 radical (unpaired) electrons. The highest BCUT2D eigenvalue weighted by atomic mass is 32.1. The lowest BCUT2D eigenvalue weighted by atomic mass is 10.4. The summed E-state index contributed by atoms with van der Waals surface area (Å²) < 4.78 is 4.68. The number of carbonyl (C=O) groups is 1. The van der Waals surface area contributed by atoms with Crippen molar-refractivity contribution in [3.63, 3.8) is 0 Å². The van der Waals surface area contributed by atoms with Crippen molar-refractivity contribution in [2.75, 3.05) is 6.61 Å². The Balaban J connectivity index is 0.000000125. The van der Waals surface area contributed by atoms with E-state index < -0.39 is 0 Å². The Hall–Kier alpha value is -0.830. The molecule has 1 saturated carbocycles. The van der Waals surface area contributed by atoms with Crippen molar-refractivity contribution in [2.24, 2.45) is 11.8 Å². The van der Waals surface area contributed by atoms with E-state index in [4.69, 9.17) is 0 Å². The van der Waals surface area contributed by atoms with Gasteiger partial charge < -0.3 is 4.74 Å². The zero-order chi connectivity index (χ0) is 10.4. The van der Waals surface area contributed by atoms with Crippen LogP contribution in [0.3, 0.4) is 0 Å². The van der Waals surface area contributed by atoms with Crippen LogP contribution in [0.25, 0.3) is 0 Å². The first-order chi connectivity index (χ1) is 6.88. The lowest BCUT2D eigenvalue weighted by Gasteiger charge is -1.89. The van der Waals surface area contributed by atoms with Crippen LogP contribution in [-0.2, 0) is 9.53 Å². The lowest BCUT2D eigenvalue weighted by molar-refractivity contribution is -0.140. The van der Waals surface area contributed by atoms with Crippen molar-refractivity contribution in [1.29, 1.82) is 0 Å². The number of esters is 1. The standard InChI is InChI=1S/C5H6O2.C4H4S.C2H6/c6-5-4-1-3(4)2-7-5;1-2-4-5-3-1;1-2/h3-4H,1-2H2;1-4H;1-2H3/t3?,4-;;/m0../s1. The van der Waals surface area contributed by atoms with Gasteiger partial charge in [-0.1, -0.05) is 26.0 Å². The molecular formula is C11H16O2S. The summed E-state index contributed by atoms with van der Waals surface area (Å²) in [6.07, 6.45) is 1.10. The van der Waals surface area contributed by atoms with Crippen LogP contribution in [-0.4, -0.2) is 12.6 Å². The van der Waals surface area contributed by atoms with Crippen molar-refractivity contribution >= 4 is 17.3 Å². The second kappa shape index (κ2) is 5.81.